The van der Waals surface area contributed by atoms with Gasteiger partial charge in [0, 0.05) is 39.6 Å². The number of halogens is 1. The standard InChI is InChI=1S/C20H39N5O.HI/c1-4-22-20(23-10-5-11-24-12-6-17(2)7-13-24)25-14-8-18(9-15-25)16-19(26)21-3;/h17-18H,4-16H2,1-3H3,(H,21,26)(H,22,23);1H. The second kappa shape index (κ2) is 13.6. The highest BCUT2D eigenvalue weighted by atomic mass is 127. The summed E-state index contributed by atoms with van der Waals surface area (Å²) in [4.78, 5) is 21.4. The van der Waals surface area contributed by atoms with Crippen LogP contribution in [0.15, 0.2) is 4.99 Å². The summed E-state index contributed by atoms with van der Waals surface area (Å²) < 4.78 is 0. The summed E-state index contributed by atoms with van der Waals surface area (Å²) in [6, 6.07) is 0. The Balaban J connectivity index is 0.00000364. The maximum atomic E-state index is 11.6. The van der Waals surface area contributed by atoms with Gasteiger partial charge in [0.05, 0.1) is 0 Å². The molecule has 2 N–H and O–H groups in total. The van der Waals surface area contributed by atoms with Gasteiger partial charge in [0.25, 0.3) is 0 Å². The summed E-state index contributed by atoms with van der Waals surface area (Å²) in [5.41, 5.74) is 0. The maximum Gasteiger partial charge on any atom is 0.220 e. The van der Waals surface area contributed by atoms with Crippen LogP contribution in [0.2, 0.25) is 0 Å². The van der Waals surface area contributed by atoms with Gasteiger partial charge in [-0.2, -0.15) is 0 Å². The minimum atomic E-state index is 0. The number of carbonyl (C=O) groups excluding carboxylic acids is 1. The van der Waals surface area contributed by atoms with Crippen LogP contribution < -0.4 is 10.6 Å². The van der Waals surface area contributed by atoms with Crippen LogP contribution in [-0.4, -0.2) is 74.5 Å². The van der Waals surface area contributed by atoms with Crippen LogP contribution in [0.4, 0.5) is 0 Å². The van der Waals surface area contributed by atoms with E-state index in [0.717, 1.165) is 57.3 Å². The van der Waals surface area contributed by atoms with Crippen LogP contribution in [-0.2, 0) is 4.79 Å². The third kappa shape index (κ3) is 8.98. The molecule has 0 bridgehead atoms. The lowest BCUT2D eigenvalue weighted by atomic mass is 9.93. The molecule has 6 nitrogen and oxygen atoms in total. The number of aliphatic imine (C=N–C) groups is 1. The molecule has 2 saturated heterocycles. The van der Waals surface area contributed by atoms with E-state index < -0.39 is 0 Å². The number of amides is 1. The molecule has 2 rings (SSSR count). The molecule has 0 radical (unpaired) electrons. The molecule has 27 heavy (non-hydrogen) atoms. The van der Waals surface area contributed by atoms with Crippen molar-refractivity contribution in [2.45, 2.75) is 52.4 Å². The molecule has 0 aromatic heterocycles. The second-order valence-electron chi connectivity index (χ2n) is 7.92. The molecule has 0 atom stereocenters. The van der Waals surface area contributed by atoms with Crippen molar-refractivity contribution in [1.29, 1.82) is 0 Å². The van der Waals surface area contributed by atoms with Gasteiger partial charge in [-0.25, -0.2) is 0 Å². The third-order valence-electron chi connectivity index (χ3n) is 5.77. The Labute approximate surface area is 182 Å². The Morgan fingerprint density at radius 1 is 1.11 bits per heavy atom. The quantitative estimate of drug-likeness (QED) is 0.248. The highest BCUT2D eigenvalue weighted by Gasteiger charge is 2.23. The van der Waals surface area contributed by atoms with Crippen LogP contribution in [0, 0.1) is 11.8 Å². The zero-order chi connectivity index (χ0) is 18.8. The summed E-state index contributed by atoms with van der Waals surface area (Å²) in [7, 11) is 1.72. The van der Waals surface area contributed by atoms with Crippen molar-refractivity contribution >= 4 is 35.8 Å². The van der Waals surface area contributed by atoms with Crippen molar-refractivity contribution in [3.63, 3.8) is 0 Å². The first-order valence-electron chi connectivity index (χ1n) is 10.6. The van der Waals surface area contributed by atoms with E-state index in [1.54, 1.807) is 7.05 Å². The molecule has 0 aromatic carbocycles. The highest BCUT2D eigenvalue weighted by molar-refractivity contribution is 14.0. The van der Waals surface area contributed by atoms with Gasteiger partial charge in [-0.15, -0.1) is 24.0 Å². The van der Waals surface area contributed by atoms with Gasteiger partial charge in [-0.05, 0) is 70.5 Å². The highest BCUT2D eigenvalue weighted by Crippen LogP contribution is 2.20. The van der Waals surface area contributed by atoms with Gasteiger partial charge in [-0.1, -0.05) is 6.92 Å². The number of nitrogens with one attached hydrogen (secondary N) is 2. The van der Waals surface area contributed by atoms with Crippen molar-refractivity contribution in [2.24, 2.45) is 16.8 Å². The number of carbonyl (C=O) groups is 1. The van der Waals surface area contributed by atoms with E-state index in [0.29, 0.717) is 12.3 Å². The second-order valence-corrected chi connectivity index (χ2v) is 7.92. The smallest absolute Gasteiger partial charge is 0.220 e. The maximum absolute atomic E-state index is 11.6. The van der Waals surface area contributed by atoms with E-state index in [9.17, 15) is 4.79 Å². The molecule has 0 saturated carbocycles. The van der Waals surface area contributed by atoms with Gasteiger partial charge >= 0.3 is 0 Å². The van der Waals surface area contributed by atoms with Crippen molar-refractivity contribution in [3.8, 4) is 0 Å². The Morgan fingerprint density at radius 2 is 1.78 bits per heavy atom. The summed E-state index contributed by atoms with van der Waals surface area (Å²) in [5, 5.41) is 6.18. The molecule has 0 aromatic rings. The number of rotatable bonds is 7. The number of hydrogen-bond acceptors (Lipinski definition) is 3. The Hall–Kier alpha value is -0.570. The molecule has 1 amide bonds. The fourth-order valence-corrected chi connectivity index (χ4v) is 3.90. The van der Waals surface area contributed by atoms with Crippen LogP contribution in [0.5, 0.6) is 0 Å². The molecular weight excluding hydrogens is 453 g/mol. The minimum absolute atomic E-state index is 0. The largest absolute Gasteiger partial charge is 0.359 e. The number of nitrogens with zero attached hydrogens (tertiary/aromatic N) is 3. The lowest BCUT2D eigenvalue weighted by molar-refractivity contribution is -0.121. The number of likely N-dealkylation sites (tertiary alicyclic amines) is 2. The first-order valence-corrected chi connectivity index (χ1v) is 10.6. The molecule has 158 valence electrons. The van der Waals surface area contributed by atoms with Gasteiger partial charge in [0.2, 0.25) is 5.91 Å². The van der Waals surface area contributed by atoms with Crippen molar-refractivity contribution in [2.75, 3.05) is 52.9 Å². The molecule has 2 aliphatic rings. The van der Waals surface area contributed by atoms with Gasteiger partial charge < -0.3 is 20.4 Å². The molecular formula is C20H40IN5O. The van der Waals surface area contributed by atoms with E-state index in [1.165, 1.54) is 32.5 Å². The average Bonchev–Trinajstić information content (AvgIpc) is 2.66. The molecule has 0 spiro atoms. The third-order valence-corrected chi connectivity index (χ3v) is 5.77. The van der Waals surface area contributed by atoms with Crippen LogP contribution in [0.1, 0.15) is 52.4 Å². The number of hydrogen-bond donors (Lipinski definition) is 2. The van der Waals surface area contributed by atoms with Gasteiger partial charge in [0.15, 0.2) is 5.96 Å². The van der Waals surface area contributed by atoms with E-state index in [-0.39, 0.29) is 29.9 Å². The first-order chi connectivity index (χ1) is 12.6. The molecule has 2 aliphatic heterocycles. The number of guanidine groups is 1. The Morgan fingerprint density at radius 3 is 2.37 bits per heavy atom. The van der Waals surface area contributed by atoms with Crippen molar-refractivity contribution < 1.29 is 4.79 Å². The average molecular weight is 493 g/mol. The lowest BCUT2D eigenvalue weighted by Gasteiger charge is -2.34. The number of piperidine rings is 2. The topological polar surface area (TPSA) is 60.0 Å². The normalized spacial score (nSPS) is 20.3. The Bertz CT molecular complexity index is 444. The van der Waals surface area contributed by atoms with Crippen molar-refractivity contribution in [3.05, 3.63) is 0 Å². The van der Waals surface area contributed by atoms with Crippen LogP contribution >= 0.6 is 24.0 Å². The van der Waals surface area contributed by atoms with Gasteiger partial charge in [0.1, 0.15) is 0 Å². The fraction of sp³-hybridized carbons (Fsp3) is 0.900. The predicted molar refractivity (Wildman–Crippen MR) is 124 cm³/mol. The minimum Gasteiger partial charge on any atom is -0.359 e. The summed E-state index contributed by atoms with van der Waals surface area (Å²) in [5.74, 6) is 2.63. The van der Waals surface area contributed by atoms with Gasteiger partial charge in [-0.3, -0.25) is 9.79 Å². The monoisotopic (exact) mass is 493 g/mol. The summed E-state index contributed by atoms with van der Waals surface area (Å²) in [6.45, 7) is 12.0. The Kier molecular flexibility index (Phi) is 12.3. The lowest BCUT2D eigenvalue weighted by Crippen LogP contribution is -2.46. The van der Waals surface area contributed by atoms with E-state index >= 15 is 0 Å². The fourth-order valence-electron chi connectivity index (χ4n) is 3.90. The van der Waals surface area contributed by atoms with Crippen LogP contribution in [0.3, 0.4) is 0 Å². The first kappa shape index (κ1) is 24.5. The van der Waals surface area contributed by atoms with E-state index in [2.05, 4.69) is 34.3 Å². The summed E-state index contributed by atoms with van der Waals surface area (Å²) in [6.07, 6.45) is 6.63. The zero-order valence-electron chi connectivity index (χ0n) is 17.5. The van der Waals surface area contributed by atoms with Crippen LogP contribution in [0.25, 0.3) is 0 Å². The predicted octanol–water partition coefficient (Wildman–Crippen LogP) is 2.54. The van der Waals surface area contributed by atoms with Crippen molar-refractivity contribution in [1.82, 2.24) is 20.4 Å². The van der Waals surface area contributed by atoms with E-state index in [1.807, 2.05) is 0 Å². The zero-order valence-corrected chi connectivity index (χ0v) is 19.8. The molecule has 0 aliphatic carbocycles. The molecule has 0 unspecified atom stereocenters. The SMILES string of the molecule is CCNC(=NCCCN1CCC(C)CC1)N1CCC(CC(=O)NC)CC1.I. The summed E-state index contributed by atoms with van der Waals surface area (Å²) >= 11 is 0. The molecule has 2 fully saturated rings. The molecule has 7 heteroatoms. The van der Waals surface area contributed by atoms with E-state index in [4.69, 9.17) is 4.99 Å². The molecule has 2 heterocycles.